The van der Waals surface area contributed by atoms with Crippen LogP contribution in [0.25, 0.3) is 21.6 Å². The Bertz CT molecular complexity index is 1090. The first-order chi connectivity index (χ1) is 14.7. The Morgan fingerprint density at radius 3 is 2.58 bits per heavy atom. The molecule has 6 heteroatoms. The summed E-state index contributed by atoms with van der Waals surface area (Å²) in [7, 11) is 0. The number of carbonyl (C=O) groups is 1. The van der Waals surface area contributed by atoms with E-state index in [2.05, 4.69) is 23.4 Å². The van der Waals surface area contributed by atoms with Crippen LogP contribution in [0.1, 0.15) is 49.7 Å². The van der Waals surface area contributed by atoms with Gasteiger partial charge < -0.3 is 10.0 Å². The SMILES string of the molecule is CC1CCN(C(=O)c2ccc(-c3cc(-c4ccnc(C(C)(C)O)c4)cs3)c(Cl)c2)CC1. The Labute approximate surface area is 192 Å². The van der Waals surface area contributed by atoms with Crippen molar-refractivity contribution in [1.29, 1.82) is 0 Å². The molecule has 31 heavy (non-hydrogen) atoms. The molecular weight excluding hydrogens is 428 g/mol. The van der Waals surface area contributed by atoms with Gasteiger partial charge in [0.1, 0.15) is 5.60 Å². The number of carbonyl (C=O) groups excluding carboxylic acids is 1. The number of likely N-dealkylation sites (tertiary alicyclic amines) is 1. The van der Waals surface area contributed by atoms with Crippen molar-refractivity contribution in [3.05, 3.63) is 64.3 Å². The number of benzene rings is 1. The van der Waals surface area contributed by atoms with Crippen molar-refractivity contribution in [2.45, 2.75) is 39.2 Å². The number of hydrogen-bond donors (Lipinski definition) is 1. The molecule has 1 fully saturated rings. The van der Waals surface area contributed by atoms with Crippen molar-refractivity contribution >= 4 is 28.8 Å². The largest absolute Gasteiger partial charge is 0.384 e. The molecule has 1 N–H and O–H groups in total. The molecule has 4 rings (SSSR count). The minimum absolute atomic E-state index is 0.0585. The lowest BCUT2D eigenvalue weighted by molar-refractivity contribution is 0.0696. The quantitative estimate of drug-likeness (QED) is 0.508. The summed E-state index contributed by atoms with van der Waals surface area (Å²) in [5.74, 6) is 0.742. The van der Waals surface area contributed by atoms with Crippen LogP contribution in [0.3, 0.4) is 0 Å². The van der Waals surface area contributed by atoms with Gasteiger partial charge in [-0.2, -0.15) is 0 Å². The number of aromatic nitrogens is 1. The molecular formula is C25H27ClN2O2S. The number of hydrogen-bond acceptors (Lipinski definition) is 4. The van der Waals surface area contributed by atoms with Gasteiger partial charge in [0.15, 0.2) is 0 Å². The van der Waals surface area contributed by atoms with Crippen LogP contribution in [0, 0.1) is 5.92 Å². The third-order valence-electron chi connectivity index (χ3n) is 5.87. The molecule has 2 aromatic heterocycles. The summed E-state index contributed by atoms with van der Waals surface area (Å²) < 4.78 is 0. The van der Waals surface area contributed by atoms with Crippen molar-refractivity contribution in [2.75, 3.05) is 13.1 Å². The molecule has 1 amide bonds. The standard InChI is InChI=1S/C25H27ClN2O2S/c1-16-7-10-28(11-8-16)24(29)18-4-5-20(21(26)12-18)22-13-19(15-31-22)17-6-9-27-23(14-17)25(2,3)30/h4-6,9,12-16,30H,7-8,10-11H2,1-3H3. The number of nitrogens with zero attached hydrogens (tertiary/aromatic N) is 2. The number of aliphatic hydroxyl groups is 1. The first-order valence-electron chi connectivity index (χ1n) is 10.6. The highest BCUT2D eigenvalue weighted by Crippen LogP contribution is 2.37. The average Bonchev–Trinajstić information content (AvgIpc) is 3.23. The summed E-state index contributed by atoms with van der Waals surface area (Å²) >= 11 is 8.21. The predicted octanol–water partition coefficient (Wildman–Crippen LogP) is 6.23. The highest BCUT2D eigenvalue weighted by atomic mass is 35.5. The van der Waals surface area contributed by atoms with E-state index in [1.165, 1.54) is 0 Å². The highest BCUT2D eigenvalue weighted by molar-refractivity contribution is 7.14. The average molecular weight is 455 g/mol. The van der Waals surface area contributed by atoms with E-state index in [1.54, 1.807) is 37.4 Å². The van der Waals surface area contributed by atoms with Gasteiger partial charge >= 0.3 is 0 Å². The normalized spacial score (nSPS) is 15.3. The van der Waals surface area contributed by atoms with E-state index < -0.39 is 5.60 Å². The minimum atomic E-state index is -0.993. The zero-order valence-electron chi connectivity index (χ0n) is 18.1. The zero-order chi connectivity index (χ0) is 22.2. The molecule has 0 atom stereocenters. The van der Waals surface area contributed by atoms with Gasteiger partial charge in [-0.3, -0.25) is 9.78 Å². The lowest BCUT2D eigenvalue weighted by atomic mass is 9.98. The van der Waals surface area contributed by atoms with Crippen LogP contribution in [0.15, 0.2) is 48.0 Å². The van der Waals surface area contributed by atoms with Crippen LogP contribution < -0.4 is 0 Å². The van der Waals surface area contributed by atoms with Gasteiger partial charge in [-0.05, 0) is 79.4 Å². The second-order valence-corrected chi connectivity index (χ2v) is 10.2. The number of halogens is 1. The van der Waals surface area contributed by atoms with Gasteiger partial charge in [-0.15, -0.1) is 11.3 Å². The van der Waals surface area contributed by atoms with Crippen LogP contribution >= 0.6 is 22.9 Å². The molecule has 0 bridgehead atoms. The fourth-order valence-corrected chi connectivity index (χ4v) is 5.11. The molecule has 0 spiro atoms. The monoisotopic (exact) mass is 454 g/mol. The summed E-state index contributed by atoms with van der Waals surface area (Å²) in [6, 6.07) is 11.5. The smallest absolute Gasteiger partial charge is 0.253 e. The Balaban J connectivity index is 1.56. The second-order valence-electron chi connectivity index (χ2n) is 8.86. The van der Waals surface area contributed by atoms with Crippen molar-refractivity contribution in [3.63, 3.8) is 0 Å². The molecule has 1 saturated heterocycles. The molecule has 1 aromatic carbocycles. The van der Waals surface area contributed by atoms with Gasteiger partial charge in [0.05, 0.1) is 10.7 Å². The molecule has 1 aliphatic heterocycles. The van der Waals surface area contributed by atoms with Crippen molar-refractivity contribution in [3.8, 4) is 21.6 Å². The number of thiophene rings is 1. The third kappa shape index (κ3) is 4.84. The molecule has 1 aliphatic rings. The number of amides is 1. The van der Waals surface area contributed by atoms with Gasteiger partial charge in [-0.25, -0.2) is 0 Å². The van der Waals surface area contributed by atoms with Gasteiger partial charge in [0, 0.05) is 35.3 Å². The summed E-state index contributed by atoms with van der Waals surface area (Å²) in [5, 5.41) is 12.9. The fourth-order valence-electron chi connectivity index (χ4n) is 3.82. The maximum absolute atomic E-state index is 12.9. The van der Waals surface area contributed by atoms with Crippen molar-refractivity contribution < 1.29 is 9.90 Å². The summed E-state index contributed by atoms with van der Waals surface area (Å²) in [6.45, 7) is 7.31. The van der Waals surface area contributed by atoms with E-state index >= 15 is 0 Å². The van der Waals surface area contributed by atoms with E-state index in [4.69, 9.17) is 11.6 Å². The second kappa shape index (κ2) is 8.73. The van der Waals surface area contributed by atoms with Crippen LogP contribution in [-0.2, 0) is 5.60 Å². The molecule has 162 valence electrons. The summed E-state index contributed by atoms with van der Waals surface area (Å²) in [4.78, 5) is 20.1. The van der Waals surface area contributed by atoms with E-state index in [1.807, 2.05) is 29.2 Å². The number of piperidine rings is 1. The molecule has 3 aromatic rings. The van der Waals surface area contributed by atoms with Gasteiger partial charge in [-0.1, -0.05) is 24.6 Å². The van der Waals surface area contributed by atoms with Gasteiger partial charge in [0.25, 0.3) is 5.91 Å². The Morgan fingerprint density at radius 2 is 1.90 bits per heavy atom. The Morgan fingerprint density at radius 1 is 1.16 bits per heavy atom. The van der Waals surface area contributed by atoms with Crippen LogP contribution in [0.4, 0.5) is 0 Å². The lowest BCUT2D eigenvalue weighted by Crippen LogP contribution is -2.37. The van der Waals surface area contributed by atoms with E-state index in [9.17, 15) is 9.90 Å². The third-order valence-corrected chi connectivity index (χ3v) is 7.15. The predicted molar refractivity (Wildman–Crippen MR) is 128 cm³/mol. The molecule has 0 radical (unpaired) electrons. The van der Waals surface area contributed by atoms with E-state index in [-0.39, 0.29) is 5.91 Å². The summed E-state index contributed by atoms with van der Waals surface area (Å²) in [6.07, 6.45) is 3.83. The van der Waals surface area contributed by atoms with Gasteiger partial charge in [0.2, 0.25) is 0 Å². The number of rotatable bonds is 4. The Kier molecular flexibility index (Phi) is 6.20. The van der Waals surface area contributed by atoms with E-state index in [0.717, 1.165) is 47.5 Å². The highest BCUT2D eigenvalue weighted by Gasteiger charge is 2.22. The maximum Gasteiger partial charge on any atom is 0.253 e. The topological polar surface area (TPSA) is 53.4 Å². The lowest BCUT2D eigenvalue weighted by Gasteiger charge is -2.30. The first kappa shape index (κ1) is 22.0. The molecule has 3 heterocycles. The fraction of sp³-hybridized carbons (Fsp3) is 0.360. The maximum atomic E-state index is 12.9. The molecule has 4 nitrogen and oxygen atoms in total. The molecule has 0 aliphatic carbocycles. The van der Waals surface area contributed by atoms with Crippen molar-refractivity contribution in [2.24, 2.45) is 5.92 Å². The van der Waals surface area contributed by atoms with Crippen LogP contribution in [0.5, 0.6) is 0 Å². The first-order valence-corrected chi connectivity index (χ1v) is 11.8. The summed E-state index contributed by atoms with van der Waals surface area (Å²) in [5.41, 5.74) is 3.24. The molecule has 0 saturated carbocycles. The van der Waals surface area contributed by atoms with Crippen molar-refractivity contribution in [1.82, 2.24) is 9.88 Å². The minimum Gasteiger partial charge on any atom is -0.384 e. The van der Waals surface area contributed by atoms with Crippen LogP contribution in [0.2, 0.25) is 5.02 Å². The Hall–Kier alpha value is -2.21. The van der Waals surface area contributed by atoms with E-state index in [0.29, 0.717) is 22.2 Å². The molecule has 0 unspecified atom stereocenters. The zero-order valence-corrected chi connectivity index (χ0v) is 19.6. The number of pyridine rings is 1. The van der Waals surface area contributed by atoms with Crippen LogP contribution in [-0.4, -0.2) is 34.0 Å².